The van der Waals surface area contributed by atoms with E-state index in [9.17, 15) is 9.18 Å². The van der Waals surface area contributed by atoms with Crippen LogP contribution in [-0.2, 0) is 11.3 Å². The van der Waals surface area contributed by atoms with Gasteiger partial charge in [-0.25, -0.2) is 4.39 Å². The summed E-state index contributed by atoms with van der Waals surface area (Å²) in [5.41, 5.74) is 1.66. The first kappa shape index (κ1) is 18.8. The molecule has 0 heterocycles. The molecule has 26 heavy (non-hydrogen) atoms. The second-order valence-corrected chi connectivity index (χ2v) is 7.63. The Morgan fingerprint density at radius 1 is 1.35 bits per heavy atom. The highest BCUT2D eigenvalue weighted by Crippen LogP contribution is 2.48. The molecule has 0 radical (unpaired) electrons. The van der Waals surface area contributed by atoms with Crippen molar-refractivity contribution in [2.45, 2.75) is 39.2 Å². The monoisotopic (exact) mass is 357 g/mol. The van der Waals surface area contributed by atoms with Crippen molar-refractivity contribution < 1.29 is 14.3 Å². The number of aryl methyl sites for hydroxylation is 1. The number of hydrogen-bond donors (Lipinski definition) is 2. The van der Waals surface area contributed by atoms with Gasteiger partial charge in [-0.05, 0) is 68.0 Å². The minimum atomic E-state index is -0.730. The van der Waals surface area contributed by atoms with E-state index in [-0.39, 0.29) is 12.2 Å². The van der Waals surface area contributed by atoms with Crippen LogP contribution in [0.15, 0.2) is 42.5 Å². The fourth-order valence-corrected chi connectivity index (χ4v) is 4.33. The minimum Gasteiger partial charge on any atom is -0.481 e. The van der Waals surface area contributed by atoms with Gasteiger partial charge in [0.05, 0.1) is 0 Å². The van der Waals surface area contributed by atoms with Gasteiger partial charge in [-0.1, -0.05) is 36.4 Å². The third kappa shape index (κ3) is 4.61. The lowest BCUT2D eigenvalue weighted by Gasteiger charge is -2.26. The van der Waals surface area contributed by atoms with Crippen molar-refractivity contribution in [1.82, 2.24) is 5.32 Å². The number of fused-ring (bicyclic) bond motifs is 2. The minimum absolute atomic E-state index is 0.139. The van der Waals surface area contributed by atoms with E-state index in [1.165, 1.54) is 6.42 Å². The lowest BCUT2D eigenvalue weighted by atomic mass is 9.82. The summed E-state index contributed by atoms with van der Waals surface area (Å²) >= 11 is 0. The van der Waals surface area contributed by atoms with Crippen LogP contribution in [0.5, 0.6) is 0 Å². The van der Waals surface area contributed by atoms with Gasteiger partial charge in [0.15, 0.2) is 0 Å². The molecule has 0 amide bonds. The summed E-state index contributed by atoms with van der Waals surface area (Å²) in [5.74, 6) is 1.37. The van der Waals surface area contributed by atoms with Gasteiger partial charge in [-0.3, -0.25) is 4.79 Å². The second-order valence-electron chi connectivity index (χ2n) is 7.63. The Morgan fingerprint density at radius 3 is 2.92 bits per heavy atom. The summed E-state index contributed by atoms with van der Waals surface area (Å²) in [6.07, 6.45) is 12.0. The van der Waals surface area contributed by atoms with Crippen molar-refractivity contribution in [2.24, 2.45) is 23.7 Å². The van der Waals surface area contributed by atoms with Crippen molar-refractivity contribution in [1.29, 1.82) is 0 Å². The molecule has 0 unspecified atom stereocenters. The maximum absolute atomic E-state index is 14.0. The fourth-order valence-electron chi connectivity index (χ4n) is 4.33. The molecule has 1 saturated carbocycles. The zero-order valence-electron chi connectivity index (χ0n) is 15.3. The summed E-state index contributed by atoms with van der Waals surface area (Å²) in [6.45, 7) is 3.33. The highest BCUT2D eigenvalue weighted by Gasteiger charge is 2.42. The van der Waals surface area contributed by atoms with Crippen LogP contribution >= 0.6 is 0 Å². The van der Waals surface area contributed by atoms with Gasteiger partial charge in [-0.15, -0.1) is 0 Å². The highest BCUT2D eigenvalue weighted by atomic mass is 19.1. The summed E-state index contributed by atoms with van der Waals surface area (Å²) in [6, 6.07) is 5.39. The van der Waals surface area contributed by atoms with E-state index in [4.69, 9.17) is 5.11 Å². The predicted octanol–water partition coefficient (Wildman–Crippen LogP) is 4.47. The largest absolute Gasteiger partial charge is 0.481 e. The number of carboxylic acids is 1. The molecule has 2 aliphatic rings. The van der Waals surface area contributed by atoms with Crippen LogP contribution in [0.2, 0.25) is 0 Å². The summed E-state index contributed by atoms with van der Waals surface area (Å²) in [7, 11) is 0. The number of benzene rings is 1. The lowest BCUT2D eigenvalue weighted by Crippen LogP contribution is -2.30. The summed E-state index contributed by atoms with van der Waals surface area (Å²) in [5, 5.41) is 12.2. The van der Waals surface area contributed by atoms with Crippen molar-refractivity contribution >= 4 is 5.97 Å². The Labute approximate surface area is 155 Å². The zero-order valence-corrected chi connectivity index (χ0v) is 15.3. The first-order valence-electron chi connectivity index (χ1n) is 9.57. The lowest BCUT2D eigenvalue weighted by molar-refractivity contribution is -0.137. The third-order valence-electron chi connectivity index (χ3n) is 5.71. The van der Waals surface area contributed by atoms with E-state index >= 15 is 0 Å². The van der Waals surface area contributed by atoms with Crippen molar-refractivity contribution in [3.63, 3.8) is 0 Å². The van der Waals surface area contributed by atoms with Gasteiger partial charge in [0.1, 0.15) is 5.82 Å². The first-order chi connectivity index (χ1) is 12.5. The smallest absolute Gasteiger partial charge is 0.303 e. The van der Waals surface area contributed by atoms with Gasteiger partial charge < -0.3 is 10.4 Å². The van der Waals surface area contributed by atoms with Gasteiger partial charge in [-0.2, -0.15) is 0 Å². The molecule has 0 aromatic heterocycles. The Morgan fingerprint density at radius 2 is 2.15 bits per heavy atom. The zero-order chi connectivity index (χ0) is 18.5. The number of halogens is 1. The molecular weight excluding hydrogens is 329 g/mol. The number of allylic oxidation sites excluding steroid dienone is 4. The van der Waals surface area contributed by atoms with Crippen molar-refractivity contribution in [2.75, 3.05) is 6.54 Å². The molecule has 2 aliphatic carbocycles. The van der Waals surface area contributed by atoms with E-state index in [2.05, 4.69) is 29.6 Å². The van der Waals surface area contributed by atoms with E-state index in [0.717, 1.165) is 24.1 Å². The average Bonchev–Trinajstić information content (AvgIpc) is 3.18. The molecule has 3 rings (SSSR count). The average molecular weight is 357 g/mol. The SMILES string of the molecule is Cc1ccc(CNC[C@@H]2[C@@H](/C=C\CCCC(=O)O)[C@@H]3C=C[C@H]2C3)c(F)c1. The van der Waals surface area contributed by atoms with Crippen molar-refractivity contribution in [3.8, 4) is 0 Å². The molecule has 0 saturated heterocycles. The number of carbonyl (C=O) groups is 1. The molecule has 4 heteroatoms. The molecule has 3 nitrogen and oxygen atoms in total. The summed E-state index contributed by atoms with van der Waals surface area (Å²) < 4.78 is 14.0. The first-order valence-corrected chi connectivity index (χ1v) is 9.57. The highest BCUT2D eigenvalue weighted by molar-refractivity contribution is 5.66. The van der Waals surface area contributed by atoms with Crippen molar-refractivity contribution in [3.05, 3.63) is 59.4 Å². The van der Waals surface area contributed by atoms with Crippen LogP contribution in [0.25, 0.3) is 0 Å². The number of rotatable bonds is 9. The topological polar surface area (TPSA) is 49.3 Å². The van der Waals surface area contributed by atoms with Crippen LogP contribution in [0.3, 0.4) is 0 Å². The van der Waals surface area contributed by atoms with Crippen LogP contribution in [0.1, 0.15) is 36.8 Å². The predicted molar refractivity (Wildman–Crippen MR) is 101 cm³/mol. The van der Waals surface area contributed by atoms with E-state index in [1.54, 1.807) is 6.07 Å². The Bertz CT molecular complexity index is 697. The fraction of sp³-hybridized carbons (Fsp3) is 0.500. The van der Waals surface area contributed by atoms with Gasteiger partial charge in [0.25, 0.3) is 0 Å². The maximum Gasteiger partial charge on any atom is 0.303 e. The molecule has 4 atom stereocenters. The number of nitrogens with one attached hydrogen (secondary N) is 1. The molecule has 1 aromatic carbocycles. The van der Waals surface area contributed by atoms with Crippen LogP contribution in [0.4, 0.5) is 4.39 Å². The number of hydrogen-bond acceptors (Lipinski definition) is 2. The summed E-state index contributed by atoms with van der Waals surface area (Å²) in [4.78, 5) is 10.6. The van der Waals surface area contributed by atoms with E-state index in [0.29, 0.717) is 36.6 Å². The third-order valence-corrected chi connectivity index (χ3v) is 5.71. The standard InChI is InChI=1S/C22H28FNO2/c1-15-7-8-18(21(23)11-15)13-24-14-20-17-10-9-16(12-17)19(20)5-3-2-4-6-22(25)26/h3,5,7-11,16-17,19-20,24H,2,4,6,12-14H2,1H3,(H,25,26)/b5-3-/t16-,17+,19+,20+/m1/s1. The molecule has 0 aliphatic heterocycles. The second kappa shape index (κ2) is 8.63. The molecule has 2 bridgehead atoms. The van der Waals surface area contributed by atoms with Gasteiger partial charge in [0.2, 0.25) is 0 Å². The van der Waals surface area contributed by atoms with Crippen LogP contribution in [0, 0.1) is 36.4 Å². The quantitative estimate of drug-likeness (QED) is 0.506. The maximum atomic E-state index is 14.0. The Hall–Kier alpha value is -1.94. The van der Waals surface area contributed by atoms with E-state index in [1.807, 2.05) is 19.1 Å². The Balaban J connectivity index is 1.51. The number of carboxylic acid groups (broad SMARTS) is 1. The number of aliphatic carboxylic acids is 1. The van der Waals surface area contributed by atoms with Crippen LogP contribution in [-0.4, -0.2) is 17.6 Å². The molecule has 1 aromatic rings. The Kier molecular flexibility index (Phi) is 6.25. The molecule has 1 fully saturated rings. The normalized spacial score (nSPS) is 26.8. The van der Waals surface area contributed by atoms with Gasteiger partial charge in [0, 0.05) is 18.5 Å². The van der Waals surface area contributed by atoms with E-state index < -0.39 is 5.97 Å². The van der Waals surface area contributed by atoms with Crippen LogP contribution < -0.4 is 5.32 Å². The van der Waals surface area contributed by atoms with Gasteiger partial charge >= 0.3 is 5.97 Å². The molecular formula is C22H28FNO2. The molecule has 140 valence electrons. The molecule has 0 spiro atoms. The number of unbranched alkanes of at least 4 members (excludes halogenated alkanes) is 1. The molecule has 2 N–H and O–H groups in total.